The lowest BCUT2D eigenvalue weighted by atomic mass is 9.77. The smallest absolute Gasteiger partial charge is 0.185 e. The van der Waals surface area contributed by atoms with Gasteiger partial charge in [0.1, 0.15) is 0 Å². The van der Waals surface area contributed by atoms with Gasteiger partial charge < -0.3 is 10.6 Å². The Morgan fingerprint density at radius 2 is 2.23 bits per heavy atom. The first-order chi connectivity index (χ1) is 6.12. The van der Waals surface area contributed by atoms with Crippen LogP contribution >= 0.6 is 11.3 Å². The third-order valence-electron chi connectivity index (χ3n) is 2.61. The van der Waals surface area contributed by atoms with Crippen molar-refractivity contribution in [2.24, 2.45) is 5.73 Å². The van der Waals surface area contributed by atoms with Crippen molar-refractivity contribution >= 4 is 16.5 Å². The monoisotopic (exact) mass is 197 g/mol. The maximum Gasteiger partial charge on any atom is 0.185 e. The average molecular weight is 197 g/mol. The van der Waals surface area contributed by atoms with Crippen molar-refractivity contribution in [1.82, 2.24) is 4.98 Å². The summed E-state index contributed by atoms with van der Waals surface area (Å²) in [7, 11) is 4.01. The van der Waals surface area contributed by atoms with E-state index in [1.165, 1.54) is 11.3 Å². The molecule has 1 aromatic rings. The molecule has 0 spiro atoms. The lowest BCUT2D eigenvalue weighted by Crippen LogP contribution is -2.42. The van der Waals surface area contributed by atoms with Crippen LogP contribution in [-0.2, 0) is 5.54 Å². The summed E-state index contributed by atoms with van der Waals surface area (Å²) < 4.78 is 0. The van der Waals surface area contributed by atoms with Crippen LogP contribution in [0.25, 0.3) is 0 Å². The van der Waals surface area contributed by atoms with Gasteiger partial charge in [0.05, 0.1) is 5.54 Å². The van der Waals surface area contributed by atoms with Gasteiger partial charge in [0, 0.05) is 25.2 Å². The summed E-state index contributed by atoms with van der Waals surface area (Å²) >= 11 is 1.71. The van der Waals surface area contributed by atoms with Crippen molar-refractivity contribution < 1.29 is 0 Å². The molecule has 72 valence electrons. The van der Waals surface area contributed by atoms with Gasteiger partial charge in [-0.2, -0.15) is 0 Å². The normalized spacial score (nSPS) is 19.6. The Balaban J connectivity index is 2.22. The van der Waals surface area contributed by atoms with E-state index in [9.17, 15) is 0 Å². The second-order valence-electron chi connectivity index (χ2n) is 3.91. The van der Waals surface area contributed by atoms with Crippen molar-refractivity contribution in [2.75, 3.05) is 19.0 Å². The van der Waals surface area contributed by atoms with Crippen LogP contribution in [0.2, 0.25) is 0 Å². The topological polar surface area (TPSA) is 42.2 Å². The molecule has 4 heteroatoms. The second-order valence-corrected chi connectivity index (χ2v) is 4.92. The van der Waals surface area contributed by atoms with Crippen LogP contribution < -0.4 is 10.6 Å². The van der Waals surface area contributed by atoms with Gasteiger partial charge >= 0.3 is 0 Å². The van der Waals surface area contributed by atoms with Crippen molar-refractivity contribution in [3.63, 3.8) is 0 Å². The number of aromatic nitrogens is 1. The summed E-state index contributed by atoms with van der Waals surface area (Å²) in [5, 5.41) is 1.05. The first-order valence-corrected chi connectivity index (χ1v) is 5.36. The van der Waals surface area contributed by atoms with Crippen LogP contribution in [-0.4, -0.2) is 19.1 Å². The summed E-state index contributed by atoms with van der Waals surface area (Å²) in [4.78, 5) is 7.59. The zero-order valence-electron chi connectivity index (χ0n) is 8.08. The van der Waals surface area contributed by atoms with Gasteiger partial charge in [-0.15, -0.1) is 11.3 Å². The predicted molar refractivity (Wildman–Crippen MR) is 56.2 cm³/mol. The van der Waals surface area contributed by atoms with E-state index >= 15 is 0 Å². The SMILES string of the molecule is CN(C)c1ncc(C2(N)CCC2)s1. The first kappa shape index (κ1) is 8.97. The molecule has 1 aromatic heterocycles. The maximum atomic E-state index is 6.19. The van der Waals surface area contributed by atoms with Gasteiger partial charge in [0.2, 0.25) is 0 Å². The van der Waals surface area contributed by atoms with E-state index in [4.69, 9.17) is 5.73 Å². The molecule has 1 saturated carbocycles. The molecule has 0 bridgehead atoms. The molecule has 0 saturated heterocycles. The molecule has 2 rings (SSSR count). The molecular formula is C9H15N3S. The van der Waals surface area contributed by atoms with Crippen LogP contribution in [0.4, 0.5) is 5.13 Å². The lowest BCUT2D eigenvalue weighted by molar-refractivity contribution is 0.259. The van der Waals surface area contributed by atoms with E-state index in [1.807, 2.05) is 25.2 Å². The van der Waals surface area contributed by atoms with Crippen molar-refractivity contribution in [2.45, 2.75) is 24.8 Å². The number of nitrogens with zero attached hydrogens (tertiary/aromatic N) is 2. The molecule has 3 nitrogen and oxygen atoms in total. The second kappa shape index (κ2) is 2.96. The molecule has 0 radical (unpaired) electrons. The maximum absolute atomic E-state index is 6.19. The van der Waals surface area contributed by atoms with E-state index < -0.39 is 0 Å². The van der Waals surface area contributed by atoms with Crippen molar-refractivity contribution in [3.8, 4) is 0 Å². The summed E-state index contributed by atoms with van der Waals surface area (Å²) in [6.45, 7) is 0. The molecule has 1 aliphatic carbocycles. The Bertz CT molecular complexity index is 302. The summed E-state index contributed by atoms with van der Waals surface area (Å²) in [5.41, 5.74) is 6.14. The van der Waals surface area contributed by atoms with Crippen LogP contribution in [0.5, 0.6) is 0 Å². The standard InChI is InChI=1S/C9H15N3S/c1-12(2)8-11-6-7(13-8)9(10)4-3-5-9/h6H,3-5,10H2,1-2H3. The Morgan fingerprint density at radius 1 is 1.54 bits per heavy atom. The fourth-order valence-corrected chi connectivity index (χ4v) is 2.50. The van der Waals surface area contributed by atoms with Gasteiger partial charge in [-0.3, -0.25) is 0 Å². The van der Waals surface area contributed by atoms with Gasteiger partial charge in [0.15, 0.2) is 5.13 Å². The average Bonchev–Trinajstić information content (AvgIpc) is 2.48. The minimum Gasteiger partial charge on any atom is -0.354 e. The van der Waals surface area contributed by atoms with Crippen LogP contribution in [0, 0.1) is 0 Å². The third kappa shape index (κ3) is 1.44. The van der Waals surface area contributed by atoms with Crippen LogP contribution in [0.1, 0.15) is 24.1 Å². The molecule has 2 N–H and O–H groups in total. The lowest BCUT2D eigenvalue weighted by Gasteiger charge is -2.36. The summed E-state index contributed by atoms with van der Waals surface area (Å²) in [5.74, 6) is 0. The fourth-order valence-electron chi connectivity index (χ4n) is 1.51. The number of anilines is 1. The highest BCUT2D eigenvalue weighted by molar-refractivity contribution is 7.15. The molecular weight excluding hydrogens is 182 g/mol. The van der Waals surface area contributed by atoms with Crippen LogP contribution in [0.3, 0.4) is 0 Å². The Labute approximate surface area is 82.6 Å². The number of thiazole rings is 1. The minimum atomic E-state index is -0.0497. The van der Waals surface area contributed by atoms with Gasteiger partial charge in [0.25, 0.3) is 0 Å². The fraction of sp³-hybridized carbons (Fsp3) is 0.667. The number of nitrogens with two attached hydrogens (primary N) is 1. The highest BCUT2D eigenvalue weighted by atomic mass is 32.1. The predicted octanol–water partition coefficient (Wildman–Crippen LogP) is 1.55. The van der Waals surface area contributed by atoms with Gasteiger partial charge in [-0.25, -0.2) is 4.98 Å². The Hall–Kier alpha value is -0.610. The first-order valence-electron chi connectivity index (χ1n) is 4.54. The molecule has 1 aliphatic rings. The highest BCUT2D eigenvalue weighted by Crippen LogP contribution is 2.42. The van der Waals surface area contributed by atoms with Crippen LogP contribution in [0.15, 0.2) is 6.20 Å². The van der Waals surface area contributed by atoms with Crippen molar-refractivity contribution in [3.05, 3.63) is 11.1 Å². The Kier molecular flexibility index (Phi) is 2.04. The molecule has 0 atom stereocenters. The van der Waals surface area contributed by atoms with Gasteiger partial charge in [-0.1, -0.05) is 0 Å². The largest absolute Gasteiger partial charge is 0.354 e. The quantitative estimate of drug-likeness (QED) is 0.782. The molecule has 0 aromatic carbocycles. The van der Waals surface area contributed by atoms with E-state index in [-0.39, 0.29) is 5.54 Å². The molecule has 0 amide bonds. The van der Waals surface area contributed by atoms with Gasteiger partial charge in [-0.05, 0) is 19.3 Å². The zero-order chi connectivity index (χ0) is 9.47. The van der Waals surface area contributed by atoms with Crippen molar-refractivity contribution in [1.29, 1.82) is 0 Å². The molecule has 0 unspecified atom stereocenters. The Morgan fingerprint density at radius 3 is 2.62 bits per heavy atom. The molecule has 1 heterocycles. The third-order valence-corrected chi connectivity index (χ3v) is 4.00. The molecule has 13 heavy (non-hydrogen) atoms. The van der Waals surface area contributed by atoms with E-state index in [2.05, 4.69) is 4.98 Å². The zero-order valence-corrected chi connectivity index (χ0v) is 8.90. The van der Waals surface area contributed by atoms with E-state index in [1.54, 1.807) is 11.3 Å². The number of hydrogen-bond acceptors (Lipinski definition) is 4. The molecule has 0 aliphatic heterocycles. The number of hydrogen-bond donors (Lipinski definition) is 1. The molecule has 1 fully saturated rings. The summed E-state index contributed by atoms with van der Waals surface area (Å²) in [6.07, 6.45) is 5.41. The van der Waals surface area contributed by atoms with E-state index in [0.29, 0.717) is 0 Å². The summed E-state index contributed by atoms with van der Waals surface area (Å²) in [6, 6.07) is 0. The van der Waals surface area contributed by atoms with E-state index in [0.717, 1.165) is 18.0 Å². The number of rotatable bonds is 2. The highest BCUT2D eigenvalue weighted by Gasteiger charge is 2.36. The minimum absolute atomic E-state index is 0.0497.